The largest absolute Gasteiger partial charge is 0.490 e. The van der Waals surface area contributed by atoms with Gasteiger partial charge in [-0.15, -0.1) is 0 Å². The average Bonchev–Trinajstić information content (AvgIpc) is 3.46. The number of nitrogens with one attached hydrogen (secondary N) is 2. The zero-order chi connectivity index (χ0) is 19.2. The molecular formula is C21H25ClN2O3. The highest BCUT2D eigenvalue weighted by Gasteiger charge is 2.21. The Morgan fingerprint density at radius 1 is 1.19 bits per heavy atom. The minimum atomic E-state index is -0.253. The Labute approximate surface area is 165 Å². The van der Waals surface area contributed by atoms with Gasteiger partial charge in [0.15, 0.2) is 18.1 Å². The number of aryl methyl sites for hydroxylation is 1. The van der Waals surface area contributed by atoms with Crippen molar-refractivity contribution in [1.82, 2.24) is 5.32 Å². The number of carbonyl (C=O) groups is 1. The van der Waals surface area contributed by atoms with E-state index in [0.717, 1.165) is 23.4 Å². The van der Waals surface area contributed by atoms with Crippen LogP contribution in [0.25, 0.3) is 0 Å². The van der Waals surface area contributed by atoms with E-state index in [1.54, 1.807) is 0 Å². The molecule has 1 aliphatic carbocycles. The van der Waals surface area contributed by atoms with Gasteiger partial charge in [-0.3, -0.25) is 4.79 Å². The second-order valence-electron chi connectivity index (χ2n) is 6.70. The molecule has 3 rings (SSSR count). The van der Waals surface area contributed by atoms with E-state index in [0.29, 0.717) is 29.2 Å². The molecule has 1 saturated carbocycles. The topological polar surface area (TPSA) is 59.6 Å². The standard InChI is InChI=1S/C21H25ClN2O3/c1-3-26-19-11-15(12-23-16-8-9-16)10-18(22)21(19)27-13-20(25)24-17-6-4-14(2)5-7-17/h4-7,10-11,16,23H,3,8-9,12-13H2,1-2H3,(H,24,25). The number of ether oxygens (including phenoxy) is 2. The van der Waals surface area contributed by atoms with Gasteiger partial charge >= 0.3 is 0 Å². The van der Waals surface area contributed by atoms with Crippen molar-refractivity contribution < 1.29 is 14.3 Å². The molecule has 0 radical (unpaired) electrons. The number of rotatable bonds is 9. The molecule has 0 heterocycles. The van der Waals surface area contributed by atoms with Crippen LogP contribution in [-0.2, 0) is 11.3 Å². The SMILES string of the molecule is CCOc1cc(CNC2CC2)cc(Cl)c1OCC(=O)Nc1ccc(C)cc1. The van der Waals surface area contributed by atoms with Gasteiger partial charge in [0.05, 0.1) is 11.6 Å². The first kappa shape index (κ1) is 19.5. The Hall–Kier alpha value is -2.24. The van der Waals surface area contributed by atoms with Crippen molar-refractivity contribution in [3.8, 4) is 11.5 Å². The average molecular weight is 389 g/mol. The highest BCUT2D eigenvalue weighted by atomic mass is 35.5. The third-order valence-electron chi connectivity index (χ3n) is 4.22. The quantitative estimate of drug-likeness (QED) is 0.671. The molecule has 0 bridgehead atoms. The molecule has 1 amide bonds. The van der Waals surface area contributed by atoms with Gasteiger partial charge in [0.1, 0.15) is 0 Å². The lowest BCUT2D eigenvalue weighted by Crippen LogP contribution is -2.20. The number of halogens is 1. The van der Waals surface area contributed by atoms with Crippen LogP contribution in [0, 0.1) is 6.92 Å². The van der Waals surface area contributed by atoms with Crippen LogP contribution in [0.15, 0.2) is 36.4 Å². The lowest BCUT2D eigenvalue weighted by Gasteiger charge is -2.15. The van der Waals surface area contributed by atoms with Crippen molar-refractivity contribution in [2.24, 2.45) is 0 Å². The minimum Gasteiger partial charge on any atom is -0.490 e. The van der Waals surface area contributed by atoms with E-state index >= 15 is 0 Å². The van der Waals surface area contributed by atoms with E-state index in [1.807, 2.05) is 50.2 Å². The van der Waals surface area contributed by atoms with Crippen LogP contribution in [-0.4, -0.2) is 25.2 Å². The van der Waals surface area contributed by atoms with E-state index in [-0.39, 0.29) is 12.5 Å². The fraction of sp³-hybridized carbons (Fsp3) is 0.381. The number of benzene rings is 2. The highest BCUT2D eigenvalue weighted by Crippen LogP contribution is 2.37. The van der Waals surface area contributed by atoms with Gasteiger partial charge in [-0.2, -0.15) is 0 Å². The van der Waals surface area contributed by atoms with Crippen molar-refractivity contribution in [1.29, 1.82) is 0 Å². The minimum absolute atomic E-state index is 0.145. The molecule has 0 aromatic heterocycles. The predicted octanol–water partition coefficient (Wildman–Crippen LogP) is 4.32. The molecule has 1 aliphatic rings. The normalized spacial score (nSPS) is 13.3. The third-order valence-corrected chi connectivity index (χ3v) is 4.51. The second-order valence-corrected chi connectivity index (χ2v) is 7.10. The first-order chi connectivity index (χ1) is 13.0. The summed E-state index contributed by atoms with van der Waals surface area (Å²) in [6, 6.07) is 12.0. The molecule has 0 atom stereocenters. The van der Waals surface area contributed by atoms with Gasteiger partial charge in [0, 0.05) is 18.3 Å². The predicted molar refractivity (Wildman–Crippen MR) is 108 cm³/mol. The van der Waals surface area contributed by atoms with Gasteiger partial charge < -0.3 is 20.1 Å². The summed E-state index contributed by atoms with van der Waals surface area (Å²) in [4.78, 5) is 12.2. The monoisotopic (exact) mass is 388 g/mol. The summed E-state index contributed by atoms with van der Waals surface area (Å²) in [7, 11) is 0. The third kappa shape index (κ3) is 5.88. The number of carbonyl (C=O) groups excluding carboxylic acids is 1. The Morgan fingerprint density at radius 3 is 2.59 bits per heavy atom. The van der Waals surface area contributed by atoms with Crippen LogP contribution in [0.1, 0.15) is 30.9 Å². The summed E-state index contributed by atoms with van der Waals surface area (Å²) >= 11 is 6.40. The summed E-state index contributed by atoms with van der Waals surface area (Å²) < 4.78 is 11.4. The van der Waals surface area contributed by atoms with E-state index in [9.17, 15) is 4.79 Å². The maximum absolute atomic E-state index is 12.2. The lowest BCUT2D eigenvalue weighted by atomic mass is 10.2. The van der Waals surface area contributed by atoms with Crippen molar-refractivity contribution in [3.63, 3.8) is 0 Å². The number of hydrogen-bond acceptors (Lipinski definition) is 4. The summed E-state index contributed by atoms with van der Waals surface area (Å²) in [5.41, 5.74) is 2.90. The Balaban J connectivity index is 1.63. The fourth-order valence-electron chi connectivity index (χ4n) is 2.65. The molecule has 2 aromatic rings. The van der Waals surface area contributed by atoms with Crippen molar-refractivity contribution in [2.45, 2.75) is 39.3 Å². The molecular weight excluding hydrogens is 364 g/mol. The number of amides is 1. The molecule has 0 unspecified atom stereocenters. The molecule has 2 aromatic carbocycles. The van der Waals surface area contributed by atoms with Crippen LogP contribution in [0.2, 0.25) is 5.02 Å². The van der Waals surface area contributed by atoms with Gasteiger partial charge in [-0.25, -0.2) is 0 Å². The second kappa shape index (κ2) is 9.11. The maximum Gasteiger partial charge on any atom is 0.262 e. The van der Waals surface area contributed by atoms with Gasteiger partial charge in [0.2, 0.25) is 0 Å². The van der Waals surface area contributed by atoms with Gasteiger partial charge in [0.25, 0.3) is 5.91 Å². The summed E-state index contributed by atoms with van der Waals surface area (Å²) in [6.45, 7) is 4.97. The summed E-state index contributed by atoms with van der Waals surface area (Å²) in [5.74, 6) is 0.699. The molecule has 0 saturated heterocycles. The maximum atomic E-state index is 12.2. The van der Waals surface area contributed by atoms with Crippen LogP contribution in [0.5, 0.6) is 11.5 Å². The molecule has 0 aliphatic heterocycles. The molecule has 2 N–H and O–H groups in total. The van der Waals surface area contributed by atoms with Crippen LogP contribution in [0.4, 0.5) is 5.69 Å². The Bertz CT molecular complexity index is 789. The zero-order valence-electron chi connectivity index (χ0n) is 15.7. The van der Waals surface area contributed by atoms with E-state index in [1.165, 1.54) is 12.8 Å². The summed E-state index contributed by atoms with van der Waals surface area (Å²) in [6.07, 6.45) is 2.45. The number of anilines is 1. The Kier molecular flexibility index (Phi) is 6.58. The van der Waals surface area contributed by atoms with Gasteiger partial charge in [-0.05, 0) is 56.5 Å². The first-order valence-electron chi connectivity index (χ1n) is 9.23. The number of hydrogen-bond donors (Lipinski definition) is 2. The zero-order valence-corrected chi connectivity index (χ0v) is 16.4. The van der Waals surface area contributed by atoms with Crippen LogP contribution < -0.4 is 20.1 Å². The molecule has 144 valence electrons. The smallest absolute Gasteiger partial charge is 0.262 e. The first-order valence-corrected chi connectivity index (χ1v) is 9.61. The fourth-order valence-corrected chi connectivity index (χ4v) is 2.94. The van der Waals surface area contributed by atoms with Crippen molar-refractivity contribution in [3.05, 3.63) is 52.5 Å². The van der Waals surface area contributed by atoms with E-state index < -0.39 is 0 Å². The van der Waals surface area contributed by atoms with Crippen LogP contribution >= 0.6 is 11.6 Å². The highest BCUT2D eigenvalue weighted by molar-refractivity contribution is 6.32. The van der Waals surface area contributed by atoms with E-state index in [2.05, 4.69) is 10.6 Å². The Morgan fingerprint density at radius 2 is 1.93 bits per heavy atom. The molecule has 6 heteroatoms. The molecule has 1 fully saturated rings. The van der Waals surface area contributed by atoms with Gasteiger partial charge in [-0.1, -0.05) is 29.3 Å². The van der Waals surface area contributed by atoms with Crippen molar-refractivity contribution in [2.75, 3.05) is 18.5 Å². The van der Waals surface area contributed by atoms with Crippen LogP contribution in [0.3, 0.4) is 0 Å². The van der Waals surface area contributed by atoms with E-state index in [4.69, 9.17) is 21.1 Å². The molecule has 27 heavy (non-hydrogen) atoms. The lowest BCUT2D eigenvalue weighted by molar-refractivity contribution is -0.118. The van der Waals surface area contributed by atoms with Crippen molar-refractivity contribution >= 4 is 23.2 Å². The summed E-state index contributed by atoms with van der Waals surface area (Å²) in [5, 5.41) is 6.70. The molecule has 5 nitrogen and oxygen atoms in total. The molecule has 0 spiro atoms.